The van der Waals surface area contributed by atoms with Crippen molar-refractivity contribution in [3.8, 4) is 11.4 Å². The van der Waals surface area contributed by atoms with E-state index in [4.69, 9.17) is 11.6 Å². The molecule has 3 heterocycles. The Morgan fingerprint density at radius 3 is 2.97 bits per heavy atom. The molecule has 1 aliphatic rings. The largest absolute Gasteiger partial charge is 0.310 e. The smallest absolute Gasteiger partial charge is 0.236 e. The van der Waals surface area contributed by atoms with Gasteiger partial charge in [0.15, 0.2) is 11.0 Å². The molecule has 0 unspecified atom stereocenters. The number of hydrogen-bond acceptors (Lipinski definition) is 6. The van der Waals surface area contributed by atoms with Gasteiger partial charge in [-0.05, 0) is 49.8 Å². The number of thioether (sulfide) groups is 1. The van der Waals surface area contributed by atoms with Crippen LogP contribution in [-0.4, -0.2) is 31.4 Å². The van der Waals surface area contributed by atoms with Crippen molar-refractivity contribution < 1.29 is 4.79 Å². The number of nitrogens with one attached hydrogen (secondary N) is 1. The van der Waals surface area contributed by atoms with Gasteiger partial charge in [-0.25, -0.2) is 4.98 Å². The molecular weight excluding hydrogens is 426 g/mol. The van der Waals surface area contributed by atoms with Gasteiger partial charge in [-0.3, -0.25) is 4.79 Å². The minimum absolute atomic E-state index is 0.134. The second-order valence-electron chi connectivity index (χ2n) is 6.91. The van der Waals surface area contributed by atoms with Crippen molar-refractivity contribution in [1.29, 1.82) is 0 Å². The lowest BCUT2D eigenvalue weighted by Crippen LogP contribution is -2.15. The lowest BCUT2D eigenvalue weighted by molar-refractivity contribution is -0.113. The average molecular weight is 448 g/mol. The van der Waals surface area contributed by atoms with Crippen molar-refractivity contribution in [3.05, 3.63) is 39.2 Å². The number of rotatable bonds is 7. The number of fused-ring (bicyclic) bond motifs is 1. The van der Waals surface area contributed by atoms with Crippen LogP contribution >= 0.6 is 34.7 Å². The quantitative estimate of drug-likeness (QED) is 0.511. The Labute approximate surface area is 183 Å². The van der Waals surface area contributed by atoms with Crippen LogP contribution in [0.2, 0.25) is 5.02 Å². The first-order valence-corrected chi connectivity index (χ1v) is 12.0. The Balaban J connectivity index is 1.49. The molecule has 1 amide bonds. The first-order valence-electron chi connectivity index (χ1n) is 9.72. The highest BCUT2D eigenvalue weighted by Gasteiger charge is 2.22. The third kappa shape index (κ3) is 4.65. The van der Waals surface area contributed by atoms with Crippen molar-refractivity contribution >= 4 is 46.4 Å². The number of nitrogens with zero attached hydrogens (tertiary/aromatic N) is 4. The summed E-state index contributed by atoms with van der Waals surface area (Å²) in [5.41, 5.74) is 2.65. The summed E-state index contributed by atoms with van der Waals surface area (Å²) in [4.78, 5) is 17.9. The third-order valence-electron chi connectivity index (χ3n) is 4.79. The summed E-state index contributed by atoms with van der Waals surface area (Å²) < 4.78 is 2.15. The van der Waals surface area contributed by atoms with E-state index >= 15 is 0 Å². The number of amides is 1. The predicted octanol–water partition coefficient (Wildman–Crippen LogP) is 5.07. The second-order valence-corrected chi connectivity index (χ2v) is 9.26. The first kappa shape index (κ1) is 20.4. The minimum atomic E-state index is -0.134. The normalized spacial score (nSPS) is 13.3. The highest BCUT2D eigenvalue weighted by Crippen LogP contribution is 2.36. The minimum Gasteiger partial charge on any atom is -0.310 e. The van der Waals surface area contributed by atoms with E-state index in [0.29, 0.717) is 10.8 Å². The summed E-state index contributed by atoms with van der Waals surface area (Å²) in [5.74, 6) is 1.52. The van der Waals surface area contributed by atoms with Gasteiger partial charge in [-0.1, -0.05) is 30.3 Å². The van der Waals surface area contributed by atoms with Gasteiger partial charge in [0.2, 0.25) is 5.91 Å². The van der Waals surface area contributed by atoms with Crippen molar-refractivity contribution in [3.63, 3.8) is 0 Å². The van der Waals surface area contributed by atoms with Crippen LogP contribution in [0.3, 0.4) is 0 Å². The molecule has 1 N–H and O–H groups in total. The standard InChI is InChI=1S/C20H22ClN5OS2/c1-2-9-26-19(15-11-28-16-6-4-3-5-14(15)16)24-25-20(26)29-12-18(27)23-17-8-7-13(21)10-22-17/h7-8,10-11H,2-6,9,12H2,1H3,(H,22,23,27). The van der Waals surface area contributed by atoms with Gasteiger partial charge in [-0.2, -0.15) is 0 Å². The van der Waals surface area contributed by atoms with Crippen molar-refractivity contribution in [2.24, 2.45) is 0 Å². The number of anilines is 1. The van der Waals surface area contributed by atoms with Gasteiger partial charge >= 0.3 is 0 Å². The molecule has 6 nitrogen and oxygen atoms in total. The fourth-order valence-corrected chi connectivity index (χ4v) is 5.46. The molecule has 1 aliphatic carbocycles. The highest BCUT2D eigenvalue weighted by molar-refractivity contribution is 7.99. The number of carbonyl (C=O) groups is 1. The van der Waals surface area contributed by atoms with E-state index in [1.54, 1.807) is 12.1 Å². The van der Waals surface area contributed by atoms with E-state index in [0.717, 1.165) is 30.4 Å². The Bertz CT molecular complexity index is 999. The van der Waals surface area contributed by atoms with E-state index in [-0.39, 0.29) is 11.7 Å². The van der Waals surface area contributed by atoms with Gasteiger partial charge in [-0.15, -0.1) is 21.5 Å². The summed E-state index contributed by atoms with van der Waals surface area (Å²) in [7, 11) is 0. The molecule has 0 spiro atoms. The van der Waals surface area contributed by atoms with E-state index in [9.17, 15) is 4.79 Å². The Hall–Kier alpha value is -1.90. The highest BCUT2D eigenvalue weighted by atomic mass is 35.5. The number of aryl methyl sites for hydroxylation is 1. The third-order valence-corrected chi connectivity index (χ3v) is 7.07. The zero-order chi connectivity index (χ0) is 20.2. The van der Waals surface area contributed by atoms with Crippen molar-refractivity contribution in [2.45, 2.75) is 50.7 Å². The number of halogens is 1. The van der Waals surface area contributed by atoms with E-state index < -0.39 is 0 Å². The fourth-order valence-electron chi connectivity index (χ4n) is 3.46. The zero-order valence-electron chi connectivity index (χ0n) is 16.2. The lowest BCUT2D eigenvalue weighted by Gasteiger charge is -2.13. The van der Waals surface area contributed by atoms with Crippen LogP contribution in [0.25, 0.3) is 11.4 Å². The molecule has 3 aromatic heterocycles. The molecule has 3 aromatic rings. The summed E-state index contributed by atoms with van der Waals surface area (Å²) in [5, 5.41) is 15.2. The van der Waals surface area contributed by atoms with Gasteiger partial charge in [0.25, 0.3) is 0 Å². The molecule has 0 aromatic carbocycles. The molecule has 0 atom stereocenters. The van der Waals surface area contributed by atoms with Crippen LogP contribution in [0.5, 0.6) is 0 Å². The molecule has 4 rings (SSSR count). The van der Waals surface area contributed by atoms with Crippen molar-refractivity contribution in [2.75, 3.05) is 11.1 Å². The average Bonchev–Trinajstić information content (AvgIpc) is 3.32. The summed E-state index contributed by atoms with van der Waals surface area (Å²) in [6.07, 6.45) is 7.28. The maximum Gasteiger partial charge on any atom is 0.236 e. The molecule has 0 aliphatic heterocycles. The van der Waals surface area contributed by atoms with Gasteiger partial charge in [0, 0.05) is 28.6 Å². The van der Waals surface area contributed by atoms with Crippen LogP contribution < -0.4 is 5.32 Å². The molecule has 0 saturated carbocycles. The number of aromatic nitrogens is 4. The molecule has 0 radical (unpaired) electrons. The molecular formula is C20H22ClN5OS2. The number of hydrogen-bond donors (Lipinski definition) is 1. The molecule has 152 valence electrons. The number of carbonyl (C=O) groups excluding carboxylic acids is 1. The first-order chi connectivity index (χ1) is 14.2. The van der Waals surface area contributed by atoms with E-state index in [1.165, 1.54) is 53.2 Å². The molecule has 0 saturated heterocycles. The van der Waals surface area contributed by atoms with Crippen molar-refractivity contribution in [1.82, 2.24) is 19.7 Å². The Kier molecular flexibility index (Phi) is 6.52. The van der Waals surface area contributed by atoms with Crippen LogP contribution in [0.15, 0.2) is 28.9 Å². The SMILES string of the molecule is CCCn1c(SCC(=O)Nc2ccc(Cl)cn2)nnc1-c1csc2c1CCCC2. The summed E-state index contributed by atoms with van der Waals surface area (Å²) >= 11 is 9.06. The Morgan fingerprint density at radius 1 is 1.31 bits per heavy atom. The van der Waals surface area contributed by atoms with Crippen LogP contribution in [-0.2, 0) is 24.2 Å². The maximum absolute atomic E-state index is 12.3. The van der Waals surface area contributed by atoms with Gasteiger partial charge in [0.1, 0.15) is 5.82 Å². The van der Waals surface area contributed by atoms with Crippen LogP contribution in [0.4, 0.5) is 5.82 Å². The van der Waals surface area contributed by atoms with Crippen LogP contribution in [0, 0.1) is 0 Å². The topological polar surface area (TPSA) is 72.7 Å². The molecule has 0 bridgehead atoms. The van der Waals surface area contributed by atoms with Gasteiger partial charge < -0.3 is 9.88 Å². The maximum atomic E-state index is 12.3. The molecule has 9 heteroatoms. The van der Waals surface area contributed by atoms with Crippen LogP contribution in [0.1, 0.15) is 36.6 Å². The second kappa shape index (κ2) is 9.28. The number of pyridine rings is 1. The molecule has 0 fully saturated rings. The van der Waals surface area contributed by atoms with Gasteiger partial charge in [0.05, 0.1) is 10.8 Å². The van der Waals surface area contributed by atoms with E-state index in [2.05, 4.69) is 37.4 Å². The summed E-state index contributed by atoms with van der Waals surface area (Å²) in [6.45, 7) is 2.97. The zero-order valence-corrected chi connectivity index (χ0v) is 18.5. The predicted molar refractivity (Wildman–Crippen MR) is 119 cm³/mol. The summed E-state index contributed by atoms with van der Waals surface area (Å²) in [6, 6.07) is 3.38. The van der Waals surface area contributed by atoms with E-state index in [1.807, 2.05) is 11.3 Å². The Morgan fingerprint density at radius 2 is 2.17 bits per heavy atom. The number of thiophene rings is 1. The lowest BCUT2D eigenvalue weighted by atomic mass is 9.95. The monoisotopic (exact) mass is 447 g/mol. The fraction of sp³-hybridized carbons (Fsp3) is 0.400. The molecule has 29 heavy (non-hydrogen) atoms.